The molecule has 1 amide bonds. The van der Waals surface area contributed by atoms with E-state index in [1.807, 2.05) is 62.4 Å². The van der Waals surface area contributed by atoms with Gasteiger partial charge in [-0.1, -0.05) is 18.2 Å². The zero-order chi connectivity index (χ0) is 31.7. The molecular formula is C31H33F3N5NaO4S. The van der Waals surface area contributed by atoms with Crippen molar-refractivity contribution in [2.24, 2.45) is 4.99 Å². The summed E-state index contributed by atoms with van der Waals surface area (Å²) in [5, 5.41) is 9.65. The molecule has 2 atom stereocenters. The minimum absolute atomic E-state index is 0. The Labute approximate surface area is 286 Å². The van der Waals surface area contributed by atoms with Crippen molar-refractivity contribution in [2.75, 3.05) is 30.9 Å². The monoisotopic (exact) mass is 651 g/mol. The number of fused-ring (bicyclic) bond motifs is 1. The molecule has 0 saturated carbocycles. The van der Waals surface area contributed by atoms with Crippen LogP contribution < -0.4 is 25.4 Å². The van der Waals surface area contributed by atoms with Crippen molar-refractivity contribution in [3.05, 3.63) is 84.6 Å². The first-order valence-electron chi connectivity index (χ1n) is 13.8. The van der Waals surface area contributed by atoms with Gasteiger partial charge < -0.3 is 35.1 Å². The Kier molecular flexibility index (Phi) is 13.1. The molecule has 234 valence electrons. The van der Waals surface area contributed by atoms with E-state index in [0.717, 1.165) is 22.9 Å². The number of benzene rings is 3. The van der Waals surface area contributed by atoms with E-state index in [1.165, 1.54) is 13.2 Å². The first-order chi connectivity index (χ1) is 21.1. The number of ether oxygens (including phenoxy) is 3. The zero-order valence-corrected chi connectivity index (χ0v) is 25.0. The molecule has 9 nitrogen and oxygen atoms in total. The maximum atomic E-state index is 13.6. The average molecular weight is 652 g/mol. The van der Waals surface area contributed by atoms with Crippen LogP contribution in [0.4, 0.5) is 24.5 Å². The zero-order valence-electron chi connectivity index (χ0n) is 24.2. The van der Waals surface area contributed by atoms with Crippen molar-refractivity contribution in [3.8, 4) is 11.5 Å². The van der Waals surface area contributed by atoms with Crippen LogP contribution in [0.1, 0.15) is 25.3 Å². The van der Waals surface area contributed by atoms with Gasteiger partial charge in [0.1, 0.15) is 17.4 Å². The molecule has 2 unspecified atom stereocenters. The second kappa shape index (κ2) is 16.5. The van der Waals surface area contributed by atoms with E-state index in [0.29, 0.717) is 29.2 Å². The van der Waals surface area contributed by atoms with Crippen LogP contribution in [0.25, 0.3) is 10.9 Å². The molecule has 0 fully saturated rings. The number of alkyl halides is 3. The molecule has 0 saturated heterocycles. The van der Waals surface area contributed by atoms with Gasteiger partial charge in [-0.15, -0.1) is 0 Å². The molecule has 0 radical (unpaired) electrons. The Hall–Kier alpha value is -3.78. The van der Waals surface area contributed by atoms with Crippen molar-refractivity contribution in [3.63, 3.8) is 0 Å². The number of carbonyl (C=O) groups excluding carboxylic acids is 1. The molecular weight excluding hydrogens is 618 g/mol. The number of anilines is 2. The number of carbonyl (C=O) groups is 1. The van der Waals surface area contributed by atoms with Crippen molar-refractivity contribution >= 4 is 81.1 Å². The van der Waals surface area contributed by atoms with Gasteiger partial charge in [-0.3, -0.25) is 4.79 Å². The molecule has 0 bridgehead atoms. The predicted octanol–water partition coefficient (Wildman–Crippen LogP) is 5.96. The Morgan fingerprint density at radius 3 is 1.96 bits per heavy atom. The van der Waals surface area contributed by atoms with Crippen LogP contribution in [0.15, 0.2) is 84.0 Å². The summed E-state index contributed by atoms with van der Waals surface area (Å²) >= 11 is 5.30. The number of aliphatic imine (C=N–C) groups is 1. The number of para-hydroxylation sites is 1. The summed E-state index contributed by atoms with van der Waals surface area (Å²) in [5.41, 5.74) is 2.35. The van der Waals surface area contributed by atoms with Gasteiger partial charge in [-0.05, 0) is 86.2 Å². The third-order valence-electron chi connectivity index (χ3n) is 6.37. The molecule has 4 N–H and O–H groups in total. The number of amides is 1. The number of rotatable bonds is 8. The Bertz CT molecular complexity index is 1540. The predicted molar refractivity (Wildman–Crippen MR) is 176 cm³/mol. The van der Waals surface area contributed by atoms with Gasteiger partial charge in [0.05, 0.1) is 13.2 Å². The van der Waals surface area contributed by atoms with Crippen LogP contribution in [0.2, 0.25) is 0 Å². The van der Waals surface area contributed by atoms with Crippen molar-refractivity contribution in [1.29, 1.82) is 0 Å². The third kappa shape index (κ3) is 9.60. The molecule has 3 aromatic carbocycles. The summed E-state index contributed by atoms with van der Waals surface area (Å²) in [6.45, 7) is 5.24. The Balaban J connectivity index is 0.000000240. The van der Waals surface area contributed by atoms with Gasteiger partial charge >= 0.3 is 35.7 Å². The van der Waals surface area contributed by atoms with Crippen molar-refractivity contribution in [2.45, 2.75) is 32.0 Å². The van der Waals surface area contributed by atoms with E-state index in [4.69, 9.17) is 26.4 Å². The van der Waals surface area contributed by atoms with Gasteiger partial charge in [0.25, 0.3) is 11.9 Å². The average Bonchev–Trinajstić information content (AvgIpc) is 3.58. The van der Waals surface area contributed by atoms with E-state index in [2.05, 4.69) is 25.9 Å². The van der Waals surface area contributed by atoms with Crippen LogP contribution >= 0.6 is 12.2 Å². The maximum absolute atomic E-state index is 13.6. The summed E-state index contributed by atoms with van der Waals surface area (Å²) < 4.78 is 56.5. The fraction of sp³-hybridized carbons (Fsp3) is 0.258. The summed E-state index contributed by atoms with van der Waals surface area (Å²) in [6.07, 6.45) is -5.11. The number of aromatic nitrogens is 1. The number of H-pyrrole nitrogens is 1. The normalized spacial score (nSPS) is 14.6. The van der Waals surface area contributed by atoms with Gasteiger partial charge in [-0.2, -0.15) is 18.2 Å². The molecule has 5 rings (SSSR count). The quantitative estimate of drug-likeness (QED) is 0.137. The van der Waals surface area contributed by atoms with Crippen LogP contribution in [-0.4, -0.2) is 84.1 Å². The molecule has 14 heteroatoms. The van der Waals surface area contributed by atoms with E-state index in [9.17, 15) is 18.0 Å². The first-order valence-corrected chi connectivity index (χ1v) is 14.2. The summed E-state index contributed by atoms with van der Waals surface area (Å²) in [7, 11) is 1.42. The van der Waals surface area contributed by atoms with Crippen LogP contribution in [0.5, 0.6) is 11.5 Å². The molecule has 1 aromatic heterocycles. The standard InChI is InChI=1S/C17H20N2O2S.C14H12F3N3O2.Na.H/c1-3-20-15-9-5-13(6-10-15)18-17(22)19-14-7-11-16(12-8-14)21-4-2;1-18-13-20-12(21)11(22-13)10(14(15,16)17)8-6-19-9-5-3-2-4-7(8)9;;/h5-12H,3-4H2,1-2H3,(H2,18,19,22);2-6,10-11,19H,1H3,(H,18,20,21);;. The second-order valence-electron chi connectivity index (χ2n) is 9.35. The molecule has 45 heavy (non-hydrogen) atoms. The van der Waals surface area contributed by atoms with Gasteiger partial charge in [0.15, 0.2) is 11.2 Å². The number of nitrogens with one attached hydrogen (secondary N) is 4. The number of amidine groups is 1. The van der Waals surface area contributed by atoms with Crippen LogP contribution in [0, 0.1) is 0 Å². The Morgan fingerprint density at radius 2 is 1.49 bits per heavy atom. The fourth-order valence-electron chi connectivity index (χ4n) is 4.44. The minimum atomic E-state index is -4.65. The molecule has 0 aliphatic carbocycles. The number of nitrogens with zero attached hydrogens (tertiary/aromatic N) is 1. The van der Waals surface area contributed by atoms with Crippen molar-refractivity contribution < 1.29 is 32.2 Å². The first kappa shape index (κ1) is 35.7. The number of thiocarbonyl (C=S) groups is 1. The number of halogens is 3. The van der Waals surface area contributed by atoms with Crippen LogP contribution in [0.3, 0.4) is 0 Å². The second-order valence-corrected chi connectivity index (χ2v) is 9.75. The summed E-state index contributed by atoms with van der Waals surface area (Å²) in [5.74, 6) is -1.35. The van der Waals surface area contributed by atoms with Gasteiger partial charge in [0, 0.05) is 35.5 Å². The summed E-state index contributed by atoms with van der Waals surface area (Å²) in [4.78, 5) is 18.0. The van der Waals surface area contributed by atoms with Gasteiger partial charge in [-0.25, -0.2) is 0 Å². The molecule has 4 aromatic rings. The summed E-state index contributed by atoms with van der Waals surface area (Å²) in [6, 6.07) is 21.7. The molecule has 1 aliphatic rings. The molecule has 1 aliphatic heterocycles. The van der Waals surface area contributed by atoms with E-state index >= 15 is 0 Å². The van der Waals surface area contributed by atoms with E-state index in [-0.39, 0.29) is 41.1 Å². The van der Waals surface area contributed by atoms with E-state index < -0.39 is 24.1 Å². The number of aromatic amines is 1. The SMILES string of the molecule is CCOc1ccc(NC(=S)Nc2ccc(OCC)cc2)cc1.CNC1=NC(=O)C(C(c2c[nH]c3ccccc23)C(F)(F)F)O1.[NaH]. The number of hydrogen-bond acceptors (Lipinski definition) is 6. The van der Waals surface area contributed by atoms with E-state index in [1.54, 1.807) is 24.3 Å². The molecule has 2 heterocycles. The van der Waals surface area contributed by atoms with Gasteiger partial charge in [0.2, 0.25) is 0 Å². The third-order valence-corrected chi connectivity index (χ3v) is 6.57. The van der Waals surface area contributed by atoms with Crippen LogP contribution in [-0.2, 0) is 9.53 Å². The fourth-order valence-corrected chi connectivity index (χ4v) is 4.68. The molecule has 0 spiro atoms. The topological polar surface area (TPSA) is 109 Å². The number of hydrogen-bond donors (Lipinski definition) is 4. The van der Waals surface area contributed by atoms with Crippen molar-refractivity contribution in [1.82, 2.24) is 10.3 Å². The Morgan fingerprint density at radius 1 is 0.956 bits per heavy atom.